The van der Waals surface area contributed by atoms with Crippen molar-refractivity contribution in [3.05, 3.63) is 29.8 Å². The molecule has 4 nitrogen and oxygen atoms in total. The molecule has 1 N–H and O–H groups in total. The van der Waals surface area contributed by atoms with Gasteiger partial charge in [-0.1, -0.05) is 12.1 Å². The molecular weight excluding hydrogens is 240 g/mol. The molecule has 1 fully saturated rings. The van der Waals surface area contributed by atoms with Crippen LogP contribution in [0.2, 0.25) is 0 Å². The molecule has 0 amide bonds. The van der Waals surface area contributed by atoms with Crippen molar-refractivity contribution in [3.8, 4) is 6.07 Å². The van der Waals surface area contributed by atoms with Crippen molar-refractivity contribution in [2.45, 2.75) is 31.0 Å². The number of nitrogens with zero attached hydrogens (tertiary/aromatic N) is 1. The summed E-state index contributed by atoms with van der Waals surface area (Å²) in [4.78, 5) is 0. The van der Waals surface area contributed by atoms with E-state index in [1.165, 1.54) is 0 Å². The Hall–Kier alpha value is -1.57. The molecular formula is C15H20N2O2. The Bertz CT molecular complexity index is 459. The molecule has 0 aliphatic heterocycles. The number of anilines is 1. The molecule has 2 rings (SSSR count). The van der Waals surface area contributed by atoms with Crippen LogP contribution in [0.5, 0.6) is 0 Å². The fraction of sp³-hybridized carbons (Fsp3) is 0.533. The lowest BCUT2D eigenvalue weighted by Gasteiger charge is -2.35. The molecule has 0 atom stereocenters. The minimum Gasteiger partial charge on any atom is -0.380 e. The van der Waals surface area contributed by atoms with Crippen LogP contribution in [0, 0.1) is 11.3 Å². The number of rotatable bonds is 6. The van der Waals surface area contributed by atoms with E-state index < -0.39 is 0 Å². The maximum atomic E-state index is 9.36. The van der Waals surface area contributed by atoms with Gasteiger partial charge in [0.25, 0.3) is 0 Å². The van der Waals surface area contributed by atoms with Crippen molar-refractivity contribution < 1.29 is 9.47 Å². The highest BCUT2D eigenvalue weighted by atomic mass is 16.7. The zero-order valence-electron chi connectivity index (χ0n) is 11.5. The first kappa shape index (κ1) is 13.9. The third kappa shape index (κ3) is 2.89. The molecule has 1 aliphatic carbocycles. The van der Waals surface area contributed by atoms with Gasteiger partial charge in [-0.05, 0) is 37.0 Å². The topological polar surface area (TPSA) is 54.3 Å². The third-order valence-corrected chi connectivity index (χ3v) is 3.83. The fourth-order valence-electron chi connectivity index (χ4n) is 2.39. The third-order valence-electron chi connectivity index (χ3n) is 3.83. The maximum absolute atomic E-state index is 9.36. The summed E-state index contributed by atoms with van der Waals surface area (Å²) in [6.45, 7) is 0.579. The van der Waals surface area contributed by atoms with E-state index in [4.69, 9.17) is 9.47 Å². The Balaban J connectivity index is 2.06. The molecule has 0 radical (unpaired) electrons. The van der Waals surface area contributed by atoms with Crippen LogP contribution in [0.25, 0.3) is 0 Å². The summed E-state index contributed by atoms with van der Waals surface area (Å²) in [5, 5.41) is 12.6. The van der Waals surface area contributed by atoms with Gasteiger partial charge >= 0.3 is 0 Å². The zero-order valence-corrected chi connectivity index (χ0v) is 11.5. The highest BCUT2D eigenvalue weighted by molar-refractivity contribution is 5.50. The van der Waals surface area contributed by atoms with E-state index in [1.807, 2.05) is 18.2 Å². The molecule has 0 aromatic heterocycles. The van der Waals surface area contributed by atoms with Crippen molar-refractivity contribution in [2.24, 2.45) is 0 Å². The molecule has 4 heteroatoms. The normalized spacial score (nSPS) is 16.7. The average molecular weight is 260 g/mol. The lowest BCUT2D eigenvalue weighted by molar-refractivity contribution is -0.0914. The van der Waals surface area contributed by atoms with E-state index in [2.05, 4.69) is 17.5 Å². The first-order chi connectivity index (χ1) is 9.24. The highest BCUT2D eigenvalue weighted by Gasteiger charge is 2.38. The van der Waals surface area contributed by atoms with Gasteiger partial charge in [0, 0.05) is 19.9 Å². The quantitative estimate of drug-likeness (QED) is 0.799. The van der Waals surface area contributed by atoms with Gasteiger partial charge in [0.15, 0.2) is 6.29 Å². The molecule has 0 saturated heterocycles. The fourth-order valence-corrected chi connectivity index (χ4v) is 2.39. The van der Waals surface area contributed by atoms with E-state index in [9.17, 15) is 5.26 Å². The minimum atomic E-state index is -0.266. The van der Waals surface area contributed by atoms with E-state index in [0.717, 1.165) is 30.5 Å². The monoisotopic (exact) mass is 260 g/mol. The molecule has 1 aromatic rings. The van der Waals surface area contributed by atoms with Crippen LogP contribution in [-0.4, -0.2) is 27.1 Å². The van der Waals surface area contributed by atoms with Crippen LogP contribution >= 0.6 is 0 Å². The van der Waals surface area contributed by atoms with Gasteiger partial charge in [0.05, 0.1) is 18.0 Å². The second-order valence-corrected chi connectivity index (χ2v) is 4.91. The van der Waals surface area contributed by atoms with E-state index in [-0.39, 0.29) is 11.7 Å². The number of nitriles is 1. The van der Waals surface area contributed by atoms with Gasteiger partial charge in [-0.3, -0.25) is 0 Å². The Morgan fingerprint density at radius 3 is 2.63 bits per heavy atom. The summed E-state index contributed by atoms with van der Waals surface area (Å²) in [5.74, 6) is 0. The standard InChI is InChI=1S/C15H20N2O2/c1-18-14(19-2)10-17-13-6-3-5-12(9-13)15(11-16)7-4-8-15/h3,5-6,9,14,17H,4,7-8,10H2,1-2H3. The summed E-state index contributed by atoms with van der Waals surface area (Å²) < 4.78 is 10.3. The largest absolute Gasteiger partial charge is 0.380 e. The molecule has 0 bridgehead atoms. The smallest absolute Gasteiger partial charge is 0.173 e. The second kappa shape index (κ2) is 6.05. The first-order valence-corrected chi connectivity index (χ1v) is 6.55. The SMILES string of the molecule is COC(CNc1cccc(C2(C#N)CCC2)c1)OC. The minimum absolute atomic E-state index is 0.264. The van der Waals surface area contributed by atoms with Crippen molar-refractivity contribution in [1.82, 2.24) is 0 Å². The maximum Gasteiger partial charge on any atom is 0.173 e. The Kier molecular flexibility index (Phi) is 4.41. The summed E-state index contributed by atoms with van der Waals surface area (Å²) in [5.41, 5.74) is 1.84. The summed E-state index contributed by atoms with van der Waals surface area (Å²) in [6, 6.07) is 10.6. The van der Waals surface area contributed by atoms with Crippen LogP contribution in [0.15, 0.2) is 24.3 Å². The number of ether oxygens (including phenoxy) is 2. The predicted octanol–water partition coefficient (Wildman–Crippen LogP) is 2.66. The number of hydrogen-bond acceptors (Lipinski definition) is 4. The number of nitrogens with one attached hydrogen (secondary N) is 1. The van der Waals surface area contributed by atoms with Crippen LogP contribution in [0.4, 0.5) is 5.69 Å². The Morgan fingerprint density at radius 1 is 1.37 bits per heavy atom. The van der Waals surface area contributed by atoms with Crippen molar-refractivity contribution in [2.75, 3.05) is 26.1 Å². The average Bonchev–Trinajstić information content (AvgIpc) is 2.40. The second-order valence-electron chi connectivity index (χ2n) is 4.91. The van der Waals surface area contributed by atoms with Crippen molar-refractivity contribution >= 4 is 5.69 Å². The van der Waals surface area contributed by atoms with Gasteiger partial charge in [-0.15, -0.1) is 0 Å². The lowest BCUT2D eigenvalue weighted by atomic mass is 9.65. The van der Waals surface area contributed by atoms with Gasteiger partial charge in [-0.2, -0.15) is 5.26 Å². The molecule has 19 heavy (non-hydrogen) atoms. The van der Waals surface area contributed by atoms with Crippen molar-refractivity contribution in [1.29, 1.82) is 5.26 Å². The summed E-state index contributed by atoms with van der Waals surface area (Å²) >= 11 is 0. The van der Waals surface area contributed by atoms with Crippen LogP contribution in [0.1, 0.15) is 24.8 Å². The van der Waals surface area contributed by atoms with E-state index >= 15 is 0 Å². The first-order valence-electron chi connectivity index (χ1n) is 6.55. The molecule has 0 unspecified atom stereocenters. The van der Waals surface area contributed by atoms with E-state index in [1.54, 1.807) is 14.2 Å². The molecule has 102 valence electrons. The van der Waals surface area contributed by atoms with Gasteiger partial charge in [0.2, 0.25) is 0 Å². The van der Waals surface area contributed by atoms with Gasteiger partial charge in [0.1, 0.15) is 0 Å². The Morgan fingerprint density at radius 2 is 2.11 bits per heavy atom. The molecule has 1 aliphatic rings. The van der Waals surface area contributed by atoms with Crippen molar-refractivity contribution in [3.63, 3.8) is 0 Å². The molecule has 0 heterocycles. The summed E-state index contributed by atoms with van der Waals surface area (Å²) in [7, 11) is 3.23. The Labute approximate surface area is 114 Å². The van der Waals surface area contributed by atoms with Crippen LogP contribution in [0.3, 0.4) is 0 Å². The molecule has 1 aromatic carbocycles. The number of hydrogen-bond donors (Lipinski definition) is 1. The molecule has 1 saturated carbocycles. The van der Waals surface area contributed by atoms with E-state index in [0.29, 0.717) is 6.54 Å². The van der Waals surface area contributed by atoms with Crippen LogP contribution < -0.4 is 5.32 Å². The van der Waals surface area contributed by atoms with Gasteiger partial charge < -0.3 is 14.8 Å². The zero-order chi connectivity index (χ0) is 13.7. The van der Waals surface area contributed by atoms with Gasteiger partial charge in [-0.25, -0.2) is 0 Å². The number of benzene rings is 1. The summed E-state index contributed by atoms with van der Waals surface area (Å²) in [6.07, 6.45) is 2.80. The number of methoxy groups -OCH3 is 2. The molecule has 0 spiro atoms. The predicted molar refractivity (Wildman–Crippen MR) is 73.9 cm³/mol. The highest BCUT2D eigenvalue weighted by Crippen LogP contribution is 2.43. The lowest BCUT2D eigenvalue weighted by Crippen LogP contribution is -2.32. The van der Waals surface area contributed by atoms with Crippen LogP contribution in [-0.2, 0) is 14.9 Å².